The molecule has 0 amide bonds. The minimum Gasteiger partial charge on any atom is -0.457 e. The molecule has 0 spiro atoms. The zero-order chi connectivity index (χ0) is 23.1. The number of nitrogens with zero attached hydrogens (tertiary/aromatic N) is 3. The van der Waals surface area contributed by atoms with E-state index in [4.69, 9.17) is 10.5 Å². The third kappa shape index (κ3) is 4.02. The largest absolute Gasteiger partial charge is 0.457 e. The van der Waals surface area contributed by atoms with Crippen LogP contribution in [-0.2, 0) is 0 Å². The fourth-order valence-electron chi connectivity index (χ4n) is 4.81. The number of nitrogen functional groups attached to an aromatic ring is 1. The molecule has 2 fully saturated rings. The second kappa shape index (κ2) is 8.36. The van der Waals surface area contributed by atoms with Crippen LogP contribution < -0.4 is 15.8 Å². The number of hydrogen-bond donors (Lipinski definition) is 2. The second-order valence-corrected chi connectivity index (χ2v) is 9.09. The zero-order valence-electron chi connectivity index (χ0n) is 18.9. The van der Waals surface area contributed by atoms with Crippen molar-refractivity contribution in [1.82, 2.24) is 14.9 Å². The molecular weight excluding hydrogens is 422 g/mol. The molecule has 6 nitrogen and oxygen atoms in total. The van der Waals surface area contributed by atoms with Gasteiger partial charge in [0.15, 0.2) is 0 Å². The third-order valence-electron chi connectivity index (χ3n) is 6.65. The highest BCUT2D eigenvalue weighted by atomic mass is 16.5. The van der Waals surface area contributed by atoms with E-state index in [9.17, 15) is 0 Å². The standard InChI is InChI=1S/C28H25N5O/c1-33-15-24-22(25(24)16-33)12-7-18-13-27-23(14-26(18)29)28(31-17-30-27)32-19-8-10-21(11-9-19)34-20-5-3-2-4-6-20/h2-6,8-11,13-14,17,22,24-25H,15-16,29H2,1H3,(H,30,31,32)/t22?,24-,25+. The molecular formula is C28H25N5O. The van der Waals surface area contributed by atoms with E-state index >= 15 is 0 Å². The van der Waals surface area contributed by atoms with Crippen LogP contribution in [0.2, 0.25) is 0 Å². The van der Waals surface area contributed by atoms with Gasteiger partial charge in [0.2, 0.25) is 0 Å². The molecule has 6 rings (SSSR count). The molecule has 34 heavy (non-hydrogen) atoms. The summed E-state index contributed by atoms with van der Waals surface area (Å²) in [6, 6.07) is 21.4. The van der Waals surface area contributed by atoms with Gasteiger partial charge >= 0.3 is 0 Å². The summed E-state index contributed by atoms with van der Waals surface area (Å²) in [4.78, 5) is 11.3. The van der Waals surface area contributed by atoms with Crippen molar-refractivity contribution < 1.29 is 4.74 Å². The first-order valence-corrected chi connectivity index (χ1v) is 11.5. The number of fused-ring (bicyclic) bond motifs is 2. The van der Waals surface area contributed by atoms with Crippen molar-refractivity contribution in [1.29, 1.82) is 0 Å². The highest BCUT2D eigenvalue weighted by molar-refractivity contribution is 5.94. The lowest BCUT2D eigenvalue weighted by molar-refractivity contribution is 0.360. The van der Waals surface area contributed by atoms with E-state index < -0.39 is 0 Å². The SMILES string of the molecule is CN1C[C@@H]2C(C#Cc3cc4ncnc(Nc5ccc(Oc6ccccc6)cc5)c4cc3N)[C@@H]2C1. The number of likely N-dealkylation sites (tertiary alicyclic amines) is 1. The molecule has 2 heterocycles. The van der Waals surface area contributed by atoms with Crippen molar-refractivity contribution in [2.24, 2.45) is 17.8 Å². The van der Waals surface area contributed by atoms with Crippen LogP contribution in [0.1, 0.15) is 5.56 Å². The van der Waals surface area contributed by atoms with Crippen molar-refractivity contribution in [3.8, 4) is 23.3 Å². The van der Waals surface area contributed by atoms with E-state index in [0.29, 0.717) is 17.4 Å². The molecule has 0 radical (unpaired) electrons. The zero-order valence-corrected chi connectivity index (χ0v) is 18.9. The van der Waals surface area contributed by atoms with Crippen molar-refractivity contribution in [2.75, 3.05) is 31.2 Å². The smallest absolute Gasteiger partial charge is 0.141 e. The van der Waals surface area contributed by atoms with E-state index in [0.717, 1.165) is 58.6 Å². The summed E-state index contributed by atoms with van der Waals surface area (Å²) in [5.41, 5.74) is 9.56. The predicted molar refractivity (Wildman–Crippen MR) is 135 cm³/mol. The van der Waals surface area contributed by atoms with Gasteiger partial charge in [-0.05, 0) is 67.4 Å². The number of benzene rings is 3. The number of rotatable bonds is 4. The van der Waals surface area contributed by atoms with Gasteiger partial charge in [-0.25, -0.2) is 9.97 Å². The summed E-state index contributed by atoms with van der Waals surface area (Å²) in [6.45, 7) is 2.30. The van der Waals surface area contributed by atoms with E-state index in [1.54, 1.807) is 6.33 Å². The Morgan fingerprint density at radius 2 is 1.71 bits per heavy atom. The number of anilines is 3. The number of hydrogen-bond acceptors (Lipinski definition) is 6. The minimum absolute atomic E-state index is 0.503. The molecule has 1 aromatic heterocycles. The Bertz CT molecular complexity index is 1400. The Kier molecular flexibility index (Phi) is 5.05. The monoisotopic (exact) mass is 447 g/mol. The van der Waals surface area contributed by atoms with Crippen molar-refractivity contribution in [2.45, 2.75) is 0 Å². The van der Waals surface area contributed by atoms with Gasteiger partial charge in [-0.15, -0.1) is 0 Å². The third-order valence-corrected chi connectivity index (χ3v) is 6.65. The number of piperidine rings is 1. The van der Waals surface area contributed by atoms with Crippen LogP contribution in [0.3, 0.4) is 0 Å². The number of ether oxygens (including phenoxy) is 1. The summed E-state index contributed by atoms with van der Waals surface area (Å²) >= 11 is 0. The van der Waals surface area contributed by atoms with Gasteiger partial charge in [-0.3, -0.25) is 0 Å². The second-order valence-electron chi connectivity index (χ2n) is 9.09. The topological polar surface area (TPSA) is 76.3 Å². The van der Waals surface area contributed by atoms with Crippen LogP contribution in [0.4, 0.5) is 17.2 Å². The first-order valence-electron chi connectivity index (χ1n) is 11.5. The van der Waals surface area contributed by atoms with Crippen LogP contribution >= 0.6 is 0 Å². The minimum atomic E-state index is 0.503. The van der Waals surface area contributed by atoms with Gasteiger partial charge in [0.25, 0.3) is 0 Å². The first-order chi connectivity index (χ1) is 16.6. The predicted octanol–water partition coefficient (Wildman–Crippen LogP) is 4.91. The molecule has 1 aliphatic heterocycles. The van der Waals surface area contributed by atoms with Crippen molar-refractivity contribution in [3.63, 3.8) is 0 Å². The highest BCUT2D eigenvalue weighted by Gasteiger charge is 2.53. The molecule has 6 heteroatoms. The maximum atomic E-state index is 6.38. The summed E-state index contributed by atoms with van der Waals surface area (Å²) in [7, 11) is 2.18. The van der Waals surface area contributed by atoms with E-state index in [2.05, 4.69) is 39.1 Å². The Labute approximate surface area is 198 Å². The molecule has 0 bridgehead atoms. The Hall–Kier alpha value is -4.08. The van der Waals surface area contributed by atoms with Gasteiger partial charge in [0.1, 0.15) is 23.6 Å². The molecule has 3 N–H and O–H groups in total. The number of para-hydroxylation sites is 1. The van der Waals surface area contributed by atoms with E-state index in [1.807, 2.05) is 66.7 Å². The Balaban J connectivity index is 1.20. The lowest BCUT2D eigenvalue weighted by atomic mass is 10.1. The normalized spacial score (nSPS) is 20.9. The average molecular weight is 448 g/mol. The number of aromatic nitrogens is 2. The molecule has 3 aromatic carbocycles. The average Bonchev–Trinajstić information content (AvgIpc) is 3.31. The molecule has 1 unspecified atom stereocenters. The lowest BCUT2D eigenvalue weighted by Crippen LogP contribution is -2.18. The maximum Gasteiger partial charge on any atom is 0.141 e. The van der Waals surface area contributed by atoms with Crippen LogP contribution in [-0.4, -0.2) is 35.0 Å². The quantitative estimate of drug-likeness (QED) is 0.342. The van der Waals surface area contributed by atoms with Gasteiger partial charge in [0, 0.05) is 41.3 Å². The van der Waals surface area contributed by atoms with Gasteiger partial charge in [-0.1, -0.05) is 30.0 Å². The van der Waals surface area contributed by atoms with Crippen molar-refractivity contribution in [3.05, 3.63) is 78.6 Å². The van der Waals surface area contributed by atoms with Gasteiger partial charge < -0.3 is 20.7 Å². The van der Waals surface area contributed by atoms with Crippen LogP contribution in [0.15, 0.2) is 73.1 Å². The highest BCUT2D eigenvalue weighted by Crippen LogP contribution is 2.50. The summed E-state index contributed by atoms with van der Waals surface area (Å²) < 4.78 is 5.87. The van der Waals surface area contributed by atoms with Crippen molar-refractivity contribution >= 4 is 28.1 Å². The molecule has 1 saturated carbocycles. The molecule has 1 aliphatic carbocycles. The molecule has 168 valence electrons. The number of nitrogens with two attached hydrogens (primary N) is 1. The van der Waals surface area contributed by atoms with Crippen LogP contribution in [0.25, 0.3) is 10.9 Å². The van der Waals surface area contributed by atoms with E-state index in [1.165, 1.54) is 0 Å². The summed E-state index contributed by atoms with van der Waals surface area (Å²) in [6.07, 6.45) is 1.56. The van der Waals surface area contributed by atoms with Crippen LogP contribution in [0, 0.1) is 29.6 Å². The molecule has 1 saturated heterocycles. The maximum absolute atomic E-state index is 6.38. The first kappa shape index (κ1) is 20.5. The van der Waals surface area contributed by atoms with Crippen LogP contribution in [0.5, 0.6) is 11.5 Å². The fraction of sp³-hybridized carbons (Fsp3) is 0.214. The number of nitrogens with one attached hydrogen (secondary N) is 1. The van der Waals surface area contributed by atoms with E-state index in [-0.39, 0.29) is 0 Å². The lowest BCUT2D eigenvalue weighted by Gasteiger charge is -2.11. The molecule has 3 atom stereocenters. The van der Waals surface area contributed by atoms with Gasteiger partial charge in [0.05, 0.1) is 5.52 Å². The summed E-state index contributed by atoms with van der Waals surface area (Å²) in [5, 5.41) is 4.23. The molecule has 2 aliphatic rings. The molecule has 4 aromatic rings. The fourth-order valence-corrected chi connectivity index (χ4v) is 4.81. The van der Waals surface area contributed by atoms with Gasteiger partial charge in [-0.2, -0.15) is 0 Å². The summed E-state index contributed by atoms with van der Waals surface area (Å²) in [5.74, 6) is 11.0. The Morgan fingerprint density at radius 3 is 2.47 bits per heavy atom. The Morgan fingerprint density at radius 1 is 0.971 bits per heavy atom.